The van der Waals surface area contributed by atoms with Crippen LogP contribution in [-0.4, -0.2) is 17.7 Å². The third kappa shape index (κ3) is 8.72. The lowest BCUT2D eigenvalue weighted by molar-refractivity contribution is 0.560. The maximum atomic E-state index is 2.65. The van der Waals surface area contributed by atoms with Gasteiger partial charge in [0.2, 0.25) is 0 Å². The van der Waals surface area contributed by atoms with Crippen LogP contribution in [0.25, 0.3) is 22.2 Å². The summed E-state index contributed by atoms with van der Waals surface area (Å²) in [6, 6.07) is 48.3. The highest BCUT2D eigenvalue weighted by Crippen LogP contribution is 2.44. The van der Waals surface area contributed by atoms with Gasteiger partial charge in [-0.15, -0.1) is 0 Å². The second kappa shape index (κ2) is 18.3. The number of aryl methyl sites for hydroxylation is 3. The summed E-state index contributed by atoms with van der Waals surface area (Å²) in [5.41, 5.74) is 13.6. The first kappa shape index (κ1) is 37.2. The highest BCUT2D eigenvalue weighted by atomic mass is 15.1. The van der Waals surface area contributed by atoms with E-state index in [9.17, 15) is 0 Å². The molecule has 0 aliphatic rings. The van der Waals surface area contributed by atoms with Crippen LogP contribution in [0, 0.1) is 6.92 Å². The van der Waals surface area contributed by atoms with Crippen molar-refractivity contribution in [3.8, 4) is 11.3 Å². The monoisotopic (exact) mass is 688 g/mol. The number of anilines is 1. The molecule has 2 unspecified atom stereocenters. The van der Waals surface area contributed by atoms with Gasteiger partial charge in [-0.25, -0.2) is 0 Å². The van der Waals surface area contributed by atoms with Crippen molar-refractivity contribution in [2.75, 3.05) is 18.0 Å². The van der Waals surface area contributed by atoms with Crippen molar-refractivity contribution in [3.05, 3.63) is 161 Å². The first-order chi connectivity index (χ1) is 25.5. The molecule has 0 amide bonds. The van der Waals surface area contributed by atoms with Crippen molar-refractivity contribution >= 4 is 16.6 Å². The van der Waals surface area contributed by atoms with Crippen molar-refractivity contribution < 1.29 is 0 Å². The normalized spacial score (nSPS) is 12.6. The third-order valence-electron chi connectivity index (χ3n) is 11.4. The lowest BCUT2D eigenvalue weighted by atomic mass is 9.82. The highest BCUT2D eigenvalue weighted by Gasteiger charge is 2.27. The van der Waals surface area contributed by atoms with Crippen molar-refractivity contribution in [3.63, 3.8) is 0 Å². The standard InChI is InChI=1S/C50H60N2/c1-6-39(5)41-31-27-40(28-32-41)20-14-11-9-10-12-19-37-52-47-24-18-17-23-46(47)49(50(52)44-21-15-13-16-22-44)48(42-29-25-38(4)26-30-42)43-33-35-45(36-34-43)51(7-2)8-3/h13,15-18,21-36,39,48H,6-12,14,19-20,37H2,1-5H3. The Hall–Kier alpha value is -4.56. The van der Waals surface area contributed by atoms with Crippen molar-refractivity contribution in [2.24, 2.45) is 0 Å². The fourth-order valence-corrected chi connectivity index (χ4v) is 8.07. The first-order valence-corrected chi connectivity index (χ1v) is 20.2. The van der Waals surface area contributed by atoms with E-state index < -0.39 is 0 Å². The third-order valence-corrected chi connectivity index (χ3v) is 11.4. The number of hydrogen-bond acceptors (Lipinski definition) is 1. The summed E-state index contributed by atoms with van der Waals surface area (Å²) in [6.07, 6.45) is 10.0. The average molecular weight is 689 g/mol. The van der Waals surface area contributed by atoms with E-state index in [-0.39, 0.29) is 5.92 Å². The molecule has 52 heavy (non-hydrogen) atoms. The first-order valence-electron chi connectivity index (χ1n) is 20.2. The second-order valence-corrected chi connectivity index (χ2v) is 14.8. The Morgan fingerprint density at radius 1 is 0.577 bits per heavy atom. The van der Waals surface area contributed by atoms with Gasteiger partial charge in [-0.2, -0.15) is 0 Å². The van der Waals surface area contributed by atoms with E-state index in [2.05, 4.69) is 171 Å². The van der Waals surface area contributed by atoms with Crippen molar-refractivity contribution in [1.82, 2.24) is 4.57 Å². The number of nitrogens with zero attached hydrogens (tertiary/aromatic N) is 2. The van der Waals surface area contributed by atoms with Crippen LogP contribution in [0.2, 0.25) is 0 Å². The van der Waals surface area contributed by atoms with Gasteiger partial charge in [-0.05, 0) is 104 Å². The molecule has 0 fully saturated rings. The fourth-order valence-electron chi connectivity index (χ4n) is 8.07. The maximum absolute atomic E-state index is 2.65. The molecule has 0 saturated heterocycles. The molecular formula is C50H60N2. The van der Waals surface area contributed by atoms with Crippen LogP contribution in [0.4, 0.5) is 5.69 Å². The van der Waals surface area contributed by atoms with Gasteiger partial charge in [0.05, 0.1) is 5.69 Å². The summed E-state index contributed by atoms with van der Waals surface area (Å²) in [7, 11) is 0. The molecule has 6 aromatic rings. The molecule has 0 saturated carbocycles. The number of para-hydroxylation sites is 1. The summed E-state index contributed by atoms with van der Waals surface area (Å²) < 4.78 is 2.65. The molecule has 0 radical (unpaired) electrons. The van der Waals surface area contributed by atoms with Crippen molar-refractivity contribution in [2.45, 2.75) is 104 Å². The summed E-state index contributed by atoms with van der Waals surface area (Å²) in [5.74, 6) is 0.762. The zero-order valence-corrected chi connectivity index (χ0v) is 32.5. The van der Waals surface area contributed by atoms with Crippen LogP contribution in [0.15, 0.2) is 127 Å². The Morgan fingerprint density at radius 3 is 1.81 bits per heavy atom. The summed E-state index contributed by atoms with van der Waals surface area (Å²) in [6.45, 7) is 14.3. The number of aromatic nitrogens is 1. The lowest BCUT2D eigenvalue weighted by Gasteiger charge is -2.24. The minimum absolute atomic E-state index is 0.110. The molecule has 2 nitrogen and oxygen atoms in total. The molecular weight excluding hydrogens is 629 g/mol. The van der Waals surface area contributed by atoms with Crippen LogP contribution in [0.1, 0.15) is 118 Å². The largest absolute Gasteiger partial charge is 0.372 e. The number of unbranched alkanes of at least 4 members (excludes halogenated alkanes) is 5. The van der Waals surface area contributed by atoms with Gasteiger partial charge in [0.1, 0.15) is 0 Å². The molecule has 0 aliphatic carbocycles. The van der Waals surface area contributed by atoms with Crippen LogP contribution in [0.5, 0.6) is 0 Å². The number of rotatable bonds is 18. The predicted molar refractivity (Wildman–Crippen MR) is 226 cm³/mol. The lowest BCUT2D eigenvalue weighted by Crippen LogP contribution is -2.21. The summed E-state index contributed by atoms with van der Waals surface area (Å²) in [5, 5.41) is 1.36. The zero-order valence-electron chi connectivity index (χ0n) is 32.5. The molecule has 0 N–H and O–H groups in total. The molecule has 0 aliphatic heterocycles. The Kier molecular flexibility index (Phi) is 13.1. The van der Waals surface area contributed by atoms with E-state index in [0.29, 0.717) is 5.92 Å². The molecule has 0 spiro atoms. The quantitative estimate of drug-likeness (QED) is 0.0816. The molecule has 2 atom stereocenters. The van der Waals surface area contributed by atoms with Crippen LogP contribution >= 0.6 is 0 Å². The van der Waals surface area contributed by atoms with Gasteiger partial charge in [0.15, 0.2) is 0 Å². The highest BCUT2D eigenvalue weighted by molar-refractivity contribution is 5.93. The Balaban J connectivity index is 1.25. The van der Waals surface area contributed by atoms with E-state index >= 15 is 0 Å². The molecule has 5 aromatic carbocycles. The molecule has 270 valence electrons. The topological polar surface area (TPSA) is 8.17 Å². The van der Waals surface area contributed by atoms with Crippen LogP contribution in [-0.2, 0) is 13.0 Å². The van der Waals surface area contributed by atoms with E-state index in [1.807, 2.05) is 0 Å². The Morgan fingerprint density at radius 2 is 1.15 bits per heavy atom. The van der Waals surface area contributed by atoms with E-state index in [1.54, 1.807) is 0 Å². The summed E-state index contributed by atoms with van der Waals surface area (Å²) >= 11 is 0. The minimum atomic E-state index is 0.110. The second-order valence-electron chi connectivity index (χ2n) is 14.8. The minimum Gasteiger partial charge on any atom is -0.372 e. The molecule has 0 bridgehead atoms. The van der Waals surface area contributed by atoms with Gasteiger partial charge in [0, 0.05) is 42.1 Å². The van der Waals surface area contributed by atoms with E-state index in [4.69, 9.17) is 0 Å². The number of benzene rings is 5. The van der Waals surface area contributed by atoms with Crippen molar-refractivity contribution in [1.29, 1.82) is 0 Å². The van der Waals surface area contributed by atoms with E-state index in [1.165, 1.54) is 113 Å². The maximum Gasteiger partial charge on any atom is 0.0533 e. The average Bonchev–Trinajstić information content (AvgIpc) is 3.51. The SMILES string of the molecule is CCC(C)c1ccc(CCCCCCCCn2c(-c3ccccc3)c(C(c3ccc(C)cc3)c3ccc(N(CC)CC)cc3)c3ccccc32)cc1. The Bertz CT molecular complexity index is 1940. The van der Waals surface area contributed by atoms with E-state index in [0.717, 1.165) is 19.6 Å². The van der Waals surface area contributed by atoms with Gasteiger partial charge in [-0.1, -0.05) is 154 Å². The zero-order chi connectivity index (χ0) is 36.3. The number of fused-ring (bicyclic) bond motifs is 1. The summed E-state index contributed by atoms with van der Waals surface area (Å²) in [4.78, 5) is 2.43. The molecule has 1 aromatic heterocycles. The number of hydrogen-bond donors (Lipinski definition) is 0. The molecule has 6 rings (SSSR count). The predicted octanol–water partition coefficient (Wildman–Crippen LogP) is 13.7. The molecule has 1 heterocycles. The molecule has 2 heteroatoms. The van der Waals surface area contributed by atoms with Crippen LogP contribution in [0.3, 0.4) is 0 Å². The van der Waals surface area contributed by atoms with Gasteiger partial charge in [-0.3, -0.25) is 0 Å². The Labute approximate surface area is 314 Å². The van der Waals surface area contributed by atoms with Crippen LogP contribution < -0.4 is 4.90 Å². The van der Waals surface area contributed by atoms with Gasteiger partial charge >= 0.3 is 0 Å². The fraction of sp³-hybridized carbons (Fsp3) is 0.360. The van der Waals surface area contributed by atoms with Gasteiger partial charge < -0.3 is 9.47 Å². The smallest absolute Gasteiger partial charge is 0.0533 e. The van der Waals surface area contributed by atoms with Gasteiger partial charge in [0.25, 0.3) is 0 Å².